The van der Waals surface area contributed by atoms with Gasteiger partial charge in [-0.25, -0.2) is 0 Å². The molecule has 1 unspecified atom stereocenters. The number of anilines is 2. The van der Waals surface area contributed by atoms with E-state index in [4.69, 9.17) is 24.4 Å². The number of carbonyl (C=O) groups excluding carboxylic acids is 2. The van der Waals surface area contributed by atoms with Crippen molar-refractivity contribution in [2.24, 2.45) is 0 Å². The lowest BCUT2D eigenvalue weighted by Gasteiger charge is -2.13. The number of hydrogen-bond acceptors (Lipinski definition) is 7. The maximum atomic E-state index is 12.8. The van der Waals surface area contributed by atoms with Crippen LogP contribution in [0.15, 0.2) is 77.2 Å². The van der Waals surface area contributed by atoms with Gasteiger partial charge in [0.2, 0.25) is 5.76 Å². The highest BCUT2D eigenvalue weighted by molar-refractivity contribution is 6.05. The van der Waals surface area contributed by atoms with Crippen molar-refractivity contribution in [1.82, 2.24) is 5.32 Å². The molecule has 0 aliphatic rings. The largest absolute Gasteiger partial charge is 0.494 e. The zero-order valence-electron chi connectivity index (χ0n) is 20.7. The molecule has 2 amide bonds. The Labute approximate surface area is 214 Å². The second-order valence-corrected chi connectivity index (χ2v) is 8.20. The van der Waals surface area contributed by atoms with E-state index in [2.05, 4.69) is 10.6 Å². The van der Waals surface area contributed by atoms with Crippen LogP contribution in [0.4, 0.5) is 11.4 Å². The zero-order chi connectivity index (χ0) is 26.2. The summed E-state index contributed by atoms with van der Waals surface area (Å²) in [6.07, 6.45) is 0.0153. The van der Waals surface area contributed by atoms with Crippen molar-refractivity contribution < 1.29 is 28.2 Å². The highest BCUT2D eigenvalue weighted by Gasteiger charge is 2.23. The van der Waals surface area contributed by atoms with Gasteiger partial charge in [0.05, 0.1) is 23.4 Å². The quantitative estimate of drug-likeness (QED) is 0.152. The Balaban J connectivity index is 1.26. The molecule has 0 spiro atoms. The maximum absolute atomic E-state index is 12.8. The van der Waals surface area contributed by atoms with Gasteiger partial charge in [-0.1, -0.05) is 24.3 Å². The van der Waals surface area contributed by atoms with E-state index >= 15 is 0 Å². The molecule has 1 aromatic heterocycles. The third kappa shape index (κ3) is 6.39. The number of ether oxygens (including phenoxy) is 3. The van der Waals surface area contributed by atoms with E-state index in [1.54, 1.807) is 61.5 Å². The Morgan fingerprint density at radius 1 is 0.973 bits per heavy atom. The topological polar surface area (TPSA) is 125 Å². The van der Waals surface area contributed by atoms with Gasteiger partial charge < -0.3 is 35.0 Å². The summed E-state index contributed by atoms with van der Waals surface area (Å²) in [4.78, 5) is 25.2. The molecule has 0 radical (unpaired) electrons. The molecule has 0 saturated heterocycles. The first kappa shape index (κ1) is 25.6. The predicted octanol–water partition coefficient (Wildman–Crippen LogP) is 4.84. The molecule has 3 aromatic carbocycles. The molecule has 1 atom stereocenters. The molecule has 9 nitrogen and oxygen atoms in total. The Kier molecular flexibility index (Phi) is 8.27. The van der Waals surface area contributed by atoms with Crippen LogP contribution in [0.3, 0.4) is 0 Å². The van der Waals surface area contributed by atoms with Crippen LogP contribution in [0.1, 0.15) is 34.3 Å². The number of amides is 2. The summed E-state index contributed by atoms with van der Waals surface area (Å²) in [5, 5.41) is 6.32. The van der Waals surface area contributed by atoms with Gasteiger partial charge in [-0.2, -0.15) is 0 Å². The molecular weight excluding hydrogens is 474 g/mol. The number of nitrogens with two attached hydrogens (primary N) is 1. The number of para-hydroxylation sites is 3. The minimum absolute atomic E-state index is 0.0946. The van der Waals surface area contributed by atoms with Crippen molar-refractivity contribution in [2.75, 3.05) is 31.3 Å². The second-order valence-electron chi connectivity index (χ2n) is 8.20. The van der Waals surface area contributed by atoms with Gasteiger partial charge in [-0.3, -0.25) is 9.59 Å². The second kappa shape index (κ2) is 12.0. The first-order valence-corrected chi connectivity index (χ1v) is 11.8. The molecule has 0 aliphatic carbocycles. The van der Waals surface area contributed by atoms with Crippen molar-refractivity contribution in [1.29, 1.82) is 0 Å². The van der Waals surface area contributed by atoms with E-state index in [0.717, 1.165) is 0 Å². The number of rotatable bonds is 11. The normalized spacial score (nSPS) is 11.6. The van der Waals surface area contributed by atoms with Crippen molar-refractivity contribution in [3.05, 3.63) is 84.1 Å². The number of hydrogen-bond donors (Lipinski definition) is 3. The van der Waals surface area contributed by atoms with Crippen molar-refractivity contribution in [3.63, 3.8) is 0 Å². The Morgan fingerprint density at radius 2 is 1.70 bits per heavy atom. The molecule has 9 heteroatoms. The lowest BCUT2D eigenvalue weighted by Crippen LogP contribution is -2.26. The van der Waals surface area contributed by atoms with E-state index in [0.29, 0.717) is 59.0 Å². The third-order valence-electron chi connectivity index (χ3n) is 5.57. The SMILES string of the molecule is COC(C)Oc1c(C(=O)NCCCOc2ccc(C(=O)Nc3ccccc3N)cc2)oc2ccccc12. The van der Waals surface area contributed by atoms with Crippen LogP contribution < -0.4 is 25.8 Å². The van der Waals surface area contributed by atoms with Gasteiger partial charge in [0.15, 0.2) is 12.0 Å². The van der Waals surface area contributed by atoms with E-state index in [9.17, 15) is 9.59 Å². The lowest BCUT2D eigenvalue weighted by atomic mass is 10.2. The van der Waals surface area contributed by atoms with Crippen LogP contribution in [0.2, 0.25) is 0 Å². The number of fused-ring (bicyclic) bond motifs is 1. The fourth-order valence-corrected chi connectivity index (χ4v) is 3.55. The molecule has 37 heavy (non-hydrogen) atoms. The maximum Gasteiger partial charge on any atom is 0.290 e. The Morgan fingerprint density at radius 3 is 2.46 bits per heavy atom. The first-order chi connectivity index (χ1) is 18.0. The first-order valence-electron chi connectivity index (χ1n) is 11.8. The third-order valence-corrected chi connectivity index (χ3v) is 5.57. The minimum atomic E-state index is -0.546. The number of nitrogens with one attached hydrogen (secondary N) is 2. The van der Waals surface area contributed by atoms with Crippen LogP contribution in [0.25, 0.3) is 11.0 Å². The average Bonchev–Trinajstić information content (AvgIpc) is 3.28. The number of methoxy groups -OCH3 is 1. The van der Waals surface area contributed by atoms with Crippen LogP contribution in [0.5, 0.6) is 11.5 Å². The van der Waals surface area contributed by atoms with Crippen molar-refractivity contribution in [3.8, 4) is 11.5 Å². The molecule has 4 N–H and O–H groups in total. The number of nitrogen functional groups attached to an aromatic ring is 1. The number of carbonyl (C=O) groups is 2. The molecule has 0 aliphatic heterocycles. The van der Waals surface area contributed by atoms with Gasteiger partial charge in [0.1, 0.15) is 11.3 Å². The van der Waals surface area contributed by atoms with Crippen LogP contribution in [-0.4, -0.2) is 38.4 Å². The standard InChI is InChI=1S/C28H29N3O6/c1-18(34-2)36-25-21-8-3-6-11-24(21)37-26(25)28(33)30-16-7-17-35-20-14-12-19(13-15-20)27(32)31-23-10-5-4-9-22(23)29/h3-6,8-15,18H,7,16-17,29H2,1-2H3,(H,30,33)(H,31,32). The fraction of sp³-hybridized carbons (Fsp3) is 0.214. The molecular formula is C28H29N3O6. The summed E-state index contributed by atoms with van der Waals surface area (Å²) in [5.74, 6) is 0.406. The van der Waals surface area contributed by atoms with E-state index < -0.39 is 6.29 Å². The van der Waals surface area contributed by atoms with Gasteiger partial charge in [-0.05, 0) is 61.9 Å². The smallest absolute Gasteiger partial charge is 0.290 e. The summed E-state index contributed by atoms with van der Waals surface area (Å²) in [6.45, 7) is 2.48. The van der Waals surface area contributed by atoms with Gasteiger partial charge >= 0.3 is 0 Å². The summed E-state index contributed by atoms with van der Waals surface area (Å²) >= 11 is 0. The van der Waals surface area contributed by atoms with E-state index in [1.807, 2.05) is 18.2 Å². The predicted molar refractivity (Wildman–Crippen MR) is 141 cm³/mol. The van der Waals surface area contributed by atoms with Crippen LogP contribution in [-0.2, 0) is 4.74 Å². The van der Waals surface area contributed by atoms with Crippen molar-refractivity contribution >= 4 is 34.2 Å². The molecule has 4 aromatic rings. The fourth-order valence-electron chi connectivity index (χ4n) is 3.55. The van der Waals surface area contributed by atoms with Crippen molar-refractivity contribution in [2.45, 2.75) is 19.6 Å². The Hall–Kier alpha value is -4.50. The molecule has 1 heterocycles. The molecule has 0 fully saturated rings. The summed E-state index contributed by atoms with van der Waals surface area (Å²) < 4.78 is 22.4. The molecule has 0 bridgehead atoms. The molecule has 0 saturated carbocycles. The summed E-state index contributed by atoms with van der Waals surface area (Å²) in [5.41, 5.74) is 7.97. The highest BCUT2D eigenvalue weighted by Crippen LogP contribution is 2.33. The number of furan rings is 1. The zero-order valence-corrected chi connectivity index (χ0v) is 20.7. The van der Waals surface area contributed by atoms with Gasteiger partial charge in [-0.15, -0.1) is 0 Å². The van der Waals surface area contributed by atoms with Crippen LogP contribution >= 0.6 is 0 Å². The Bertz CT molecular complexity index is 1370. The van der Waals surface area contributed by atoms with Gasteiger partial charge in [0, 0.05) is 19.2 Å². The summed E-state index contributed by atoms with van der Waals surface area (Å²) in [6, 6.07) is 21.1. The average molecular weight is 504 g/mol. The van der Waals surface area contributed by atoms with E-state index in [1.165, 1.54) is 7.11 Å². The number of benzene rings is 3. The monoisotopic (exact) mass is 503 g/mol. The minimum Gasteiger partial charge on any atom is -0.494 e. The molecule has 4 rings (SSSR count). The van der Waals surface area contributed by atoms with Gasteiger partial charge in [0.25, 0.3) is 11.8 Å². The summed E-state index contributed by atoms with van der Waals surface area (Å²) in [7, 11) is 1.52. The molecule has 192 valence electrons. The van der Waals surface area contributed by atoms with Crippen LogP contribution in [0, 0.1) is 0 Å². The lowest BCUT2D eigenvalue weighted by molar-refractivity contribution is -0.0382. The highest BCUT2D eigenvalue weighted by atomic mass is 16.7. The van der Waals surface area contributed by atoms with E-state index in [-0.39, 0.29) is 17.6 Å².